The number of carbonyl (C=O) groups is 1. The average molecular weight is 180 g/mol. The van der Waals surface area contributed by atoms with Gasteiger partial charge in [0.2, 0.25) is 5.91 Å². The van der Waals surface area contributed by atoms with Gasteiger partial charge in [-0.05, 0) is 12.8 Å². The fourth-order valence-corrected chi connectivity index (χ4v) is 1.85. The van der Waals surface area contributed by atoms with Crippen molar-refractivity contribution in [2.45, 2.75) is 18.9 Å². The van der Waals surface area contributed by atoms with Crippen LogP contribution in [0.15, 0.2) is 12.7 Å². The summed E-state index contributed by atoms with van der Waals surface area (Å²) in [7, 11) is 0. The minimum absolute atomic E-state index is 0.301. The van der Waals surface area contributed by atoms with Gasteiger partial charge in [0, 0.05) is 25.7 Å². The maximum atomic E-state index is 11.6. The monoisotopic (exact) mass is 180 g/mol. The van der Waals surface area contributed by atoms with E-state index in [1.165, 1.54) is 12.8 Å². The van der Waals surface area contributed by atoms with E-state index >= 15 is 0 Å². The third-order valence-corrected chi connectivity index (χ3v) is 2.71. The first-order valence-corrected chi connectivity index (χ1v) is 4.94. The molecule has 0 aromatic heterocycles. The van der Waals surface area contributed by atoms with E-state index < -0.39 is 0 Å². The molecule has 1 saturated heterocycles. The molecule has 72 valence electrons. The minimum Gasteiger partial charge on any atom is -0.337 e. The van der Waals surface area contributed by atoms with E-state index in [9.17, 15) is 4.79 Å². The Balaban J connectivity index is 1.87. The number of hydrogen-bond acceptors (Lipinski definition) is 2. The van der Waals surface area contributed by atoms with Gasteiger partial charge in [0.15, 0.2) is 0 Å². The van der Waals surface area contributed by atoms with Gasteiger partial charge in [0.25, 0.3) is 0 Å². The smallest absolute Gasteiger partial charge is 0.237 e. The van der Waals surface area contributed by atoms with Crippen molar-refractivity contribution in [3.63, 3.8) is 0 Å². The van der Waals surface area contributed by atoms with Crippen molar-refractivity contribution in [3.05, 3.63) is 12.7 Å². The Hall–Kier alpha value is -0.830. The Morgan fingerprint density at radius 1 is 1.46 bits per heavy atom. The largest absolute Gasteiger partial charge is 0.337 e. The van der Waals surface area contributed by atoms with Gasteiger partial charge in [-0.1, -0.05) is 6.08 Å². The molecule has 1 saturated carbocycles. The first-order chi connectivity index (χ1) is 6.31. The molecular weight excluding hydrogens is 164 g/mol. The number of nitrogens with zero attached hydrogens (tertiary/aromatic N) is 2. The standard InChI is InChI=1S/C10H16N2O/c1-2-5-11-6-7-12(9-3-4-9)10(13)8-11/h2,9H,1,3-8H2. The molecule has 3 nitrogen and oxygen atoms in total. The Labute approximate surface area is 79.0 Å². The molecule has 1 amide bonds. The molecule has 1 heterocycles. The van der Waals surface area contributed by atoms with E-state index in [0.29, 0.717) is 18.5 Å². The summed E-state index contributed by atoms with van der Waals surface area (Å²) in [6.07, 6.45) is 4.29. The Kier molecular flexibility index (Phi) is 2.36. The lowest BCUT2D eigenvalue weighted by Gasteiger charge is -2.33. The van der Waals surface area contributed by atoms with Crippen LogP contribution in [0.1, 0.15) is 12.8 Å². The van der Waals surface area contributed by atoms with E-state index in [1.54, 1.807) is 0 Å². The van der Waals surface area contributed by atoms with Crippen molar-refractivity contribution in [3.8, 4) is 0 Å². The molecule has 13 heavy (non-hydrogen) atoms. The molecule has 0 N–H and O–H groups in total. The average Bonchev–Trinajstić information content (AvgIpc) is 2.88. The highest BCUT2D eigenvalue weighted by Gasteiger charge is 2.35. The van der Waals surface area contributed by atoms with Crippen molar-refractivity contribution >= 4 is 5.91 Å². The predicted molar refractivity (Wildman–Crippen MR) is 51.4 cm³/mol. The van der Waals surface area contributed by atoms with Gasteiger partial charge < -0.3 is 4.90 Å². The molecule has 0 aromatic carbocycles. The van der Waals surface area contributed by atoms with Crippen LogP contribution in [0, 0.1) is 0 Å². The van der Waals surface area contributed by atoms with Crippen molar-refractivity contribution in [1.82, 2.24) is 9.80 Å². The summed E-state index contributed by atoms with van der Waals surface area (Å²) < 4.78 is 0. The normalized spacial score (nSPS) is 24.9. The number of amides is 1. The highest BCUT2D eigenvalue weighted by Crippen LogP contribution is 2.27. The van der Waals surface area contributed by atoms with Crippen LogP contribution in [0.5, 0.6) is 0 Å². The molecule has 3 heteroatoms. The Bertz CT molecular complexity index is 223. The molecule has 1 aliphatic heterocycles. The van der Waals surface area contributed by atoms with Gasteiger partial charge in [0.1, 0.15) is 0 Å². The van der Waals surface area contributed by atoms with E-state index in [4.69, 9.17) is 0 Å². The highest BCUT2D eigenvalue weighted by atomic mass is 16.2. The first kappa shape index (κ1) is 8.75. The van der Waals surface area contributed by atoms with Crippen LogP contribution in [-0.4, -0.2) is 47.9 Å². The van der Waals surface area contributed by atoms with Gasteiger partial charge >= 0.3 is 0 Å². The summed E-state index contributed by atoms with van der Waals surface area (Å²) in [6, 6.07) is 0.582. The molecule has 2 aliphatic rings. The van der Waals surface area contributed by atoms with Crippen molar-refractivity contribution in [1.29, 1.82) is 0 Å². The predicted octanol–water partition coefficient (Wildman–Crippen LogP) is 0.479. The number of piperazine rings is 1. The number of hydrogen-bond donors (Lipinski definition) is 0. The summed E-state index contributed by atoms with van der Waals surface area (Å²) in [4.78, 5) is 15.8. The van der Waals surface area contributed by atoms with Crippen LogP contribution in [0.4, 0.5) is 0 Å². The Morgan fingerprint density at radius 2 is 2.23 bits per heavy atom. The van der Waals surface area contributed by atoms with Gasteiger partial charge in [0.05, 0.1) is 6.54 Å². The summed E-state index contributed by atoms with van der Waals surface area (Å²) in [5.74, 6) is 0.301. The second kappa shape index (κ2) is 3.50. The summed E-state index contributed by atoms with van der Waals surface area (Å²) in [5, 5.41) is 0. The molecule has 1 aliphatic carbocycles. The maximum Gasteiger partial charge on any atom is 0.237 e. The van der Waals surface area contributed by atoms with Crippen molar-refractivity contribution in [2.24, 2.45) is 0 Å². The highest BCUT2D eigenvalue weighted by molar-refractivity contribution is 5.79. The molecule has 0 aromatic rings. The Morgan fingerprint density at radius 3 is 2.77 bits per heavy atom. The van der Waals surface area contributed by atoms with Gasteiger partial charge in [-0.3, -0.25) is 9.69 Å². The third kappa shape index (κ3) is 1.91. The number of carbonyl (C=O) groups excluding carboxylic acids is 1. The molecular formula is C10H16N2O. The van der Waals surface area contributed by atoms with Crippen LogP contribution in [-0.2, 0) is 4.79 Å². The first-order valence-electron chi connectivity index (χ1n) is 4.94. The molecule has 0 radical (unpaired) electrons. The van der Waals surface area contributed by atoms with E-state index in [2.05, 4.69) is 11.5 Å². The molecule has 2 rings (SSSR count). The van der Waals surface area contributed by atoms with Crippen LogP contribution in [0.2, 0.25) is 0 Å². The summed E-state index contributed by atoms with van der Waals surface area (Å²) in [5.41, 5.74) is 0. The van der Waals surface area contributed by atoms with Gasteiger partial charge in [-0.15, -0.1) is 6.58 Å². The SMILES string of the molecule is C=CCN1CCN(C2CC2)C(=O)C1. The van der Waals surface area contributed by atoms with Gasteiger partial charge in [-0.25, -0.2) is 0 Å². The molecule has 0 atom stereocenters. The van der Waals surface area contributed by atoms with Gasteiger partial charge in [-0.2, -0.15) is 0 Å². The van der Waals surface area contributed by atoms with E-state index in [1.807, 2.05) is 11.0 Å². The molecule has 0 spiro atoms. The van der Waals surface area contributed by atoms with E-state index in [-0.39, 0.29) is 0 Å². The van der Waals surface area contributed by atoms with Crippen LogP contribution < -0.4 is 0 Å². The topological polar surface area (TPSA) is 23.6 Å². The summed E-state index contributed by atoms with van der Waals surface area (Å²) in [6.45, 7) is 7.03. The van der Waals surface area contributed by atoms with Crippen LogP contribution in [0.3, 0.4) is 0 Å². The number of rotatable bonds is 3. The fourth-order valence-electron chi connectivity index (χ4n) is 1.85. The zero-order chi connectivity index (χ0) is 9.26. The fraction of sp³-hybridized carbons (Fsp3) is 0.700. The second-order valence-electron chi connectivity index (χ2n) is 3.84. The summed E-state index contributed by atoms with van der Waals surface area (Å²) >= 11 is 0. The van der Waals surface area contributed by atoms with Crippen molar-refractivity contribution < 1.29 is 4.79 Å². The lowest BCUT2D eigenvalue weighted by atomic mass is 10.3. The second-order valence-corrected chi connectivity index (χ2v) is 3.84. The van der Waals surface area contributed by atoms with Crippen LogP contribution in [0.25, 0.3) is 0 Å². The lowest BCUT2D eigenvalue weighted by molar-refractivity contribution is -0.136. The zero-order valence-electron chi connectivity index (χ0n) is 7.91. The molecule has 2 fully saturated rings. The van der Waals surface area contributed by atoms with Crippen LogP contribution >= 0.6 is 0 Å². The maximum absolute atomic E-state index is 11.6. The lowest BCUT2D eigenvalue weighted by Crippen LogP contribution is -2.50. The minimum atomic E-state index is 0.301. The van der Waals surface area contributed by atoms with Crippen molar-refractivity contribution in [2.75, 3.05) is 26.2 Å². The third-order valence-electron chi connectivity index (χ3n) is 2.71. The zero-order valence-corrected chi connectivity index (χ0v) is 7.91. The van der Waals surface area contributed by atoms with E-state index in [0.717, 1.165) is 19.6 Å². The quantitative estimate of drug-likeness (QED) is 0.590. The molecule has 0 unspecified atom stereocenters. The molecule has 0 bridgehead atoms.